The highest BCUT2D eigenvalue weighted by molar-refractivity contribution is 7.99. The predicted molar refractivity (Wildman–Crippen MR) is 79.2 cm³/mol. The lowest BCUT2D eigenvalue weighted by atomic mass is 10.0. The molecule has 1 aromatic heterocycles. The van der Waals surface area contributed by atoms with Gasteiger partial charge in [-0.25, -0.2) is 0 Å². The SMILES string of the molecule is Cc1nnc(SCC2COc3ccccc32)n1CCN. The molecule has 106 valence electrons. The Kier molecular flexibility index (Phi) is 3.93. The number of nitrogens with two attached hydrogens (primary N) is 1. The van der Waals surface area contributed by atoms with Crippen LogP contribution in [0.1, 0.15) is 17.3 Å². The molecule has 2 heterocycles. The van der Waals surface area contributed by atoms with Gasteiger partial charge in [0.05, 0.1) is 6.61 Å². The minimum absolute atomic E-state index is 0.416. The van der Waals surface area contributed by atoms with E-state index in [0.29, 0.717) is 12.5 Å². The smallest absolute Gasteiger partial charge is 0.191 e. The summed E-state index contributed by atoms with van der Waals surface area (Å²) in [7, 11) is 0. The van der Waals surface area contributed by atoms with E-state index in [0.717, 1.165) is 35.6 Å². The molecule has 0 fully saturated rings. The van der Waals surface area contributed by atoms with Crippen LogP contribution >= 0.6 is 11.8 Å². The summed E-state index contributed by atoms with van der Waals surface area (Å²) in [4.78, 5) is 0. The second-order valence-corrected chi connectivity index (χ2v) is 5.81. The van der Waals surface area contributed by atoms with Gasteiger partial charge in [-0.2, -0.15) is 0 Å². The van der Waals surface area contributed by atoms with Crippen molar-refractivity contribution >= 4 is 11.8 Å². The lowest BCUT2D eigenvalue weighted by Crippen LogP contribution is -2.12. The van der Waals surface area contributed by atoms with Gasteiger partial charge in [0.15, 0.2) is 5.16 Å². The van der Waals surface area contributed by atoms with Gasteiger partial charge in [-0.3, -0.25) is 0 Å². The maximum atomic E-state index is 5.71. The normalized spacial score (nSPS) is 17.0. The molecule has 1 aliphatic rings. The molecule has 1 unspecified atom stereocenters. The summed E-state index contributed by atoms with van der Waals surface area (Å²) < 4.78 is 7.78. The van der Waals surface area contributed by atoms with E-state index in [1.54, 1.807) is 11.8 Å². The standard InChI is InChI=1S/C14H18N4OS/c1-10-16-17-14(18(10)7-6-15)20-9-11-8-19-13-5-3-2-4-12(11)13/h2-5,11H,6-9,15H2,1H3. The highest BCUT2D eigenvalue weighted by atomic mass is 32.2. The maximum absolute atomic E-state index is 5.71. The second-order valence-electron chi connectivity index (χ2n) is 4.83. The molecular weight excluding hydrogens is 272 g/mol. The fourth-order valence-electron chi connectivity index (χ4n) is 2.40. The van der Waals surface area contributed by atoms with Crippen molar-refractivity contribution in [1.82, 2.24) is 14.8 Å². The number of aromatic nitrogens is 3. The van der Waals surface area contributed by atoms with Gasteiger partial charge >= 0.3 is 0 Å². The average molecular weight is 290 g/mol. The van der Waals surface area contributed by atoms with Gasteiger partial charge in [0, 0.05) is 30.3 Å². The third-order valence-electron chi connectivity index (χ3n) is 3.47. The van der Waals surface area contributed by atoms with Gasteiger partial charge < -0.3 is 15.0 Å². The van der Waals surface area contributed by atoms with Gasteiger partial charge in [-0.15, -0.1) is 10.2 Å². The van der Waals surface area contributed by atoms with E-state index in [2.05, 4.69) is 26.9 Å². The summed E-state index contributed by atoms with van der Waals surface area (Å²) in [5.41, 5.74) is 6.93. The molecule has 1 atom stereocenters. The minimum Gasteiger partial charge on any atom is -0.493 e. The van der Waals surface area contributed by atoms with Gasteiger partial charge in [0.1, 0.15) is 11.6 Å². The lowest BCUT2D eigenvalue weighted by Gasteiger charge is -2.09. The second kappa shape index (κ2) is 5.85. The van der Waals surface area contributed by atoms with Crippen molar-refractivity contribution in [2.75, 3.05) is 18.9 Å². The summed E-state index contributed by atoms with van der Waals surface area (Å²) in [6.07, 6.45) is 0. The number of nitrogens with zero attached hydrogens (tertiary/aromatic N) is 3. The first kappa shape index (κ1) is 13.5. The molecule has 3 rings (SSSR count). The molecule has 0 saturated heterocycles. The molecule has 0 aliphatic carbocycles. The predicted octanol–water partition coefficient (Wildman–Crippen LogP) is 1.81. The molecule has 2 aromatic rings. The molecule has 1 aliphatic heterocycles. The van der Waals surface area contributed by atoms with Crippen LogP contribution in [0.5, 0.6) is 5.75 Å². The number of ether oxygens (including phenoxy) is 1. The van der Waals surface area contributed by atoms with Crippen LogP contribution in [0.15, 0.2) is 29.4 Å². The van der Waals surface area contributed by atoms with E-state index in [1.807, 2.05) is 19.1 Å². The van der Waals surface area contributed by atoms with Crippen LogP contribution in [0, 0.1) is 6.92 Å². The summed E-state index contributed by atoms with van der Waals surface area (Å²) in [6, 6.07) is 8.24. The van der Waals surface area contributed by atoms with Gasteiger partial charge in [-0.05, 0) is 13.0 Å². The number of hydrogen-bond donors (Lipinski definition) is 1. The fraction of sp³-hybridized carbons (Fsp3) is 0.429. The summed E-state index contributed by atoms with van der Waals surface area (Å²) in [5, 5.41) is 9.30. The van der Waals surface area contributed by atoms with Crippen LogP contribution < -0.4 is 10.5 Å². The summed E-state index contributed by atoms with van der Waals surface area (Å²) >= 11 is 1.72. The Balaban J connectivity index is 1.69. The largest absolute Gasteiger partial charge is 0.493 e. The number of aryl methyl sites for hydroxylation is 1. The van der Waals surface area contributed by atoms with Gasteiger partial charge in [0.2, 0.25) is 0 Å². The molecule has 1 aromatic carbocycles. The zero-order valence-corrected chi connectivity index (χ0v) is 12.3. The molecular formula is C14H18N4OS. The third-order valence-corrected chi connectivity index (χ3v) is 4.60. The molecule has 0 bridgehead atoms. The van der Waals surface area contributed by atoms with E-state index in [-0.39, 0.29) is 0 Å². The lowest BCUT2D eigenvalue weighted by molar-refractivity contribution is 0.338. The van der Waals surface area contributed by atoms with Crippen LogP contribution in [-0.2, 0) is 6.54 Å². The molecule has 0 amide bonds. The molecule has 0 spiro atoms. The first-order chi connectivity index (χ1) is 9.79. The Morgan fingerprint density at radius 2 is 2.25 bits per heavy atom. The molecule has 0 saturated carbocycles. The molecule has 0 radical (unpaired) electrons. The topological polar surface area (TPSA) is 66.0 Å². The summed E-state index contributed by atoms with van der Waals surface area (Å²) in [6.45, 7) is 4.07. The highest BCUT2D eigenvalue weighted by Crippen LogP contribution is 2.36. The Labute approximate surface area is 122 Å². The number of hydrogen-bond acceptors (Lipinski definition) is 5. The first-order valence-corrected chi connectivity index (χ1v) is 7.72. The van der Waals surface area contributed by atoms with Crippen molar-refractivity contribution in [1.29, 1.82) is 0 Å². The highest BCUT2D eigenvalue weighted by Gasteiger charge is 2.24. The molecule has 5 nitrogen and oxygen atoms in total. The maximum Gasteiger partial charge on any atom is 0.191 e. The Morgan fingerprint density at radius 3 is 3.10 bits per heavy atom. The number of fused-ring (bicyclic) bond motifs is 1. The van der Waals surface area contributed by atoms with Crippen molar-refractivity contribution in [3.05, 3.63) is 35.7 Å². The van der Waals surface area contributed by atoms with E-state index in [9.17, 15) is 0 Å². The first-order valence-electron chi connectivity index (χ1n) is 6.74. The van der Waals surface area contributed by atoms with Crippen molar-refractivity contribution in [2.45, 2.75) is 24.5 Å². The number of thioether (sulfide) groups is 1. The molecule has 2 N–H and O–H groups in total. The van der Waals surface area contributed by atoms with E-state index in [1.165, 1.54) is 5.56 Å². The Morgan fingerprint density at radius 1 is 1.40 bits per heavy atom. The van der Waals surface area contributed by atoms with Crippen LogP contribution in [-0.4, -0.2) is 33.7 Å². The van der Waals surface area contributed by atoms with Crippen LogP contribution in [0.4, 0.5) is 0 Å². The number of para-hydroxylation sites is 1. The van der Waals surface area contributed by atoms with E-state index >= 15 is 0 Å². The Hall–Kier alpha value is -1.53. The zero-order chi connectivity index (χ0) is 13.9. The average Bonchev–Trinajstić information content (AvgIpc) is 3.03. The van der Waals surface area contributed by atoms with Crippen molar-refractivity contribution < 1.29 is 4.74 Å². The monoisotopic (exact) mass is 290 g/mol. The number of benzene rings is 1. The summed E-state index contributed by atoms with van der Waals surface area (Å²) in [5.74, 6) is 3.29. The third kappa shape index (κ3) is 2.53. The van der Waals surface area contributed by atoms with Crippen LogP contribution in [0.2, 0.25) is 0 Å². The van der Waals surface area contributed by atoms with Crippen LogP contribution in [0.3, 0.4) is 0 Å². The van der Waals surface area contributed by atoms with E-state index < -0.39 is 0 Å². The minimum atomic E-state index is 0.416. The van der Waals surface area contributed by atoms with Crippen molar-refractivity contribution in [3.8, 4) is 5.75 Å². The molecule has 6 heteroatoms. The zero-order valence-electron chi connectivity index (χ0n) is 11.5. The molecule has 20 heavy (non-hydrogen) atoms. The fourth-order valence-corrected chi connectivity index (χ4v) is 3.50. The van der Waals surface area contributed by atoms with Crippen molar-refractivity contribution in [2.24, 2.45) is 5.73 Å². The van der Waals surface area contributed by atoms with Gasteiger partial charge in [-0.1, -0.05) is 30.0 Å². The quantitative estimate of drug-likeness (QED) is 0.851. The van der Waals surface area contributed by atoms with Gasteiger partial charge in [0.25, 0.3) is 0 Å². The van der Waals surface area contributed by atoms with E-state index in [4.69, 9.17) is 10.5 Å². The van der Waals surface area contributed by atoms with Crippen molar-refractivity contribution in [3.63, 3.8) is 0 Å². The Bertz CT molecular complexity index is 599. The van der Waals surface area contributed by atoms with Crippen LogP contribution in [0.25, 0.3) is 0 Å². The number of rotatable bonds is 5.